The molecule has 5 rings (SSSR count). The zero-order valence-corrected chi connectivity index (χ0v) is 23.7. The first kappa shape index (κ1) is 28.5. The van der Waals surface area contributed by atoms with E-state index in [-0.39, 0.29) is 0 Å². The second-order valence-electron chi connectivity index (χ2n) is 8.81. The van der Waals surface area contributed by atoms with Gasteiger partial charge in [0.05, 0.1) is 17.5 Å². The van der Waals surface area contributed by atoms with Gasteiger partial charge >= 0.3 is 5.97 Å². The Morgan fingerprint density at radius 3 is 1.86 bits per heavy atom. The van der Waals surface area contributed by atoms with Crippen molar-refractivity contribution in [2.75, 3.05) is 12.4 Å². The van der Waals surface area contributed by atoms with E-state index >= 15 is 0 Å². The molecule has 0 aliphatic rings. The highest BCUT2D eigenvalue weighted by atomic mass is 35.5. The van der Waals surface area contributed by atoms with Gasteiger partial charge in [0.2, 0.25) is 0 Å². The Morgan fingerprint density at radius 2 is 1.38 bits per heavy atom. The van der Waals surface area contributed by atoms with Gasteiger partial charge in [0.25, 0.3) is 0 Å². The molecule has 206 valence electrons. The van der Waals surface area contributed by atoms with Crippen LogP contribution in [0, 0.1) is 23.7 Å². The molecular formula is C35H23ClO5S. The molecule has 2 aromatic heterocycles. The monoisotopic (exact) mass is 590 g/mol. The molecule has 0 aliphatic heterocycles. The Morgan fingerprint density at radius 1 is 0.810 bits per heavy atom. The number of carboxylic acids is 1. The summed E-state index contributed by atoms with van der Waals surface area (Å²) in [4.78, 5) is 11.7. The molecular weight excluding hydrogens is 568 g/mol. The maximum absolute atomic E-state index is 10.8. The van der Waals surface area contributed by atoms with Gasteiger partial charge in [-0.25, -0.2) is 4.79 Å². The molecule has 5 aromatic rings. The Balaban J connectivity index is 1.36. The summed E-state index contributed by atoms with van der Waals surface area (Å²) in [5, 5.41) is 9.20. The molecule has 0 fully saturated rings. The number of carbonyl (C=O) groups is 1. The van der Waals surface area contributed by atoms with Crippen LogP contribution >= 0.6 is 23.4 Å². The second-order valence-corrected chi connectivity index (χ2v) is 10.3. The number of ether oxygens (including phenoxy) is 1. The van der Waals surface area contributed by atoms with Crippen LogP contribution in [-0.4, -0.2) is 23.4 Å². The van der Waals surface area contributed by atoms with Crippen molar-refractivity contribution >= 4 is 34.9 Å². The third kappa shape index (κ3) is 8.02. The van der Waals surface area contributed by atoms with Crippen LogP contribution in [0.4, 0.5) is 0 Å². The van der Waals surface area contributed by atoms with Crippen molar-refractivity contribution in [3.8, 4) is 29.4 Å². The summed E-state index contributed by atoms with van der Waals surface area (Å²) in [6.45, 7) is -0.446. The van der Waals surface area contributed by atoms with E-state index in [0.717, 1.165) is 32.7 Å². The third-order valence-corrected chi connectivity index (χ3v) is 7.10. The minimum atomic E-state index is -1.06. The lowest BCUT2D eigenvalue weighted by molar-refractivity contribution is -0.139. The SMILES string of the molecule is O=C(O)COc1ccc(SCC=C(c2ccc(C#Cc3ccco3)cc2)c2ccc(C#Cc3ccco3)cc2)cc1Cl. The number of rotatable bonds is 8. The van der Waals surface area contributed by atoms with Crippen LogP contribution in [-0.2, 0) is 4.79 Å². The molecule has 5 nitrogen and oxygen atoms in total. The van der Waals surface area contributed by atoms with E-state index in [1.54, 1.807) is 36.4 Å². The summed E-state index contributed by atoms with van der Waals surface area (Å²) in [6, 6.07) is 28.8. The molecule has 3 aromatic carbocycles. The number of benzene rings is 3. The average Bonchev–Trinajstić information content (AvgIpc) is 3.72. The van der Waals surface area contributed by atoms with E-state index in [9.17, 15) is 4.79 Å². The topological polar surface area (TPSA) is 72.8 Å². The van der Waals surface area contributed by atoms with Crippen LogP contribution in [0.5, 0.6) is 5.75 Å². The Hall–Kier alpha value is -5.01. The van der Waals surface area contributed by atoms with Gasteiger partial charge in [-0.2, -0.15) is 0 Å². The molecule has 42 heavy (non-hydrogen) atoms. The molecule has 0 bridgehead atoms. The van der Waals surface area contributed by atoms with Gasteiger partial charge in [0.15, 0.2) is 18.1 Å². The number of carboxylic acid groups (broad SMARTS) is 1. The number of furan rings is 2. The summed E-state index contributed by atoms with van der Waals surface area (Å²) in [7, 11) is 0. The quantitative estimate of drug-likeness (QED) is 0.146. The predicted molar refractivity (Wildman–Crippen MR) is 165 cm³/mol. The van der Waals surface area contributed by atoms with Crippen molar-refractivity contribution in [2.24, 2.45) is 0 Å². The summed E-state index contributed by atoms with van der Waals surface area (Å²) in [6.07, 6.45) is 5.37. The van der Waals surface area contributed by atoms with E-state index in [2.05, 4.69) is 54.0 Å². The highest BCUT2D eigenvalue weighted by molar-refractivity contribution is 7.99. The van der Waals surface area contributed by atoms with Gasteiger partial charge in [-0.05, 0) is 95.3 Å². The maximum atomic E-state index is 10.8. The number of aliphatic carboxylic acids is 1. The van der Waals surface area contributed by atoms with Crippen LogP contribution in [0.15, 0.2) is 123 Å². The summed E-state index contributed by atoms with van der Waals surface area (Å²) < 4.78 is 15.8. The molecule has 0 spiro atoms. The van der Waals surface area contributed by atoms with Crippen molar-refractivity contribution in [3.05, 3.63) is 148 Å². The van der Waals surface area contributed by atoms with Gasteiger partial charge in [0.1, 0.15) is 5.75 Å². The lowest BCUT2D eigenvalue weighted by Gasteiger charge is -2.10. The molecule has 7 heteroatoms. The maximum Gasteiger partial charge on any atom is 0.341 e. The first-order chi connectivity index (χ1) is 20.5. The first-order valence-corrected chi connectivity index (χ1v) is 14.2. The third-order valence-electron chi connectivity index (χ3n) is 5.89. The molecule has 0 radical (unpaired) electrons. The Bertz CT molecular complexity index is 1700. The molecule has 0 saturated carbocycles. The fraction of sp³-hybridized carbons (Fsp3) is 0.0571. The van der Waals surface area contributed by atoms with Crippen molar-refractivity contribution in [1.29, 1.82) is 0 Å². The molecule has 1 N–H and O–H groups in total. The van der Waals surface area contributed by atoms with Crippen molar-refractivity contribution < 1.29 is 23.5 Å². The van der Waals surface area contributed by atoms with Crippen LogP contribution in [0.1, 0.15) is 33.8 Å². The summed E-state index contributed by atoms with van der Waals surface area (Å²) in [5.74, 6) is 13.5. The van der Waals surface area contributed by atoms with E-state index in [4.69, 9.17) is 30.3 Å². The minimum absolute atomic E-state index is 0.338. The highest BCUT2D eigenvalue weighted by Crippen LogP contribution is 2.31. The first-order valence-electron chi connectivity index (χ1n) is 12.8. The zero-order chi connectivity index (χ0) is 29.1. The molecule has 0 amide bonds. The van der Waals surface area contributed by atoms with Crippen LogP contribution < -0.4 is 4.74 Å². The fourth-order valence-electron chi connectivity index (χ4n) is 3.88. The van der Waals surface area contributed by atoms with Crippen molar-refractivity contribution in [2.45, 2.75) is 4.90 Å². The molecule has 2 heterocycles. The largest absolute Gasteiger partial charge is 0.480 e. The molecule has 0 aliphatic carbocycles. The Labute approximate surface area is 252 Å². The van der Waals surface area contributed by atoms with Gasteiger partial charge in [0, 0.05) is 21.8 Å². The average molecular weight is 591 g/mol. The smallest absolute Gasteiger partial charge is 0.341 e. The minimum Gasteiger partial charge on any atom is -0.480 e. The van der Waals surface area contributed by atoms with Crippen molar-refractivity contribution in [3.63, 3.8) is 0 Å². The summed E-state index contributed by atoms with van der Waals surface area (Å²) >= 11 is 7.92. The van der Waals surface area contributed by atoms with E-state index in [1.165, 1.54) is 0 Å². The number of halogens is 1. The van der Waals surface area contributed by atoms with E-state index in [1.807, 2.05) is 54.6 Å². The standard InChI is InChI=1S/C35H23ClO5S/c36-33-23-31(17-18-34(33)41-24-35(37)38)42-22-19-32(27-11-5-25(6-12-27)9-15-29-3-1-20-39-29)28-13-7-26(8-14-28)10-16-30-4-2-21-40-30/h1-8,11-14,17-21,23H,22,24H2,(H,37,38). The van der Waals surface area contributed by atoms with Gasteiger partial charge in [-0.3, -0.25) is 0 Å². The predicted octanol–water partition coefficient (Wildman–Crippen LogP) is 8.01. The van der Waals surface area contributed by atoms with Crippen LogP contribution in [0.25, 0.3) is 5.57 Å². The number of hydrogen-bond donors (Lipinski definition) is 1. The molecule has 0 saturated heterocycles. The summed E-state index contributed by atoms with van der Waals surface area (Å²) in [5.41, 5.74) is 4.92. The lowest BCUT2D eigenvalue weighted by atomic mass is 9.96. The van der Waals surface area contributed by atoms with Gasteiger partial charge < -0.3 is 18.7 Å². The number of hydrogen-bond acceptors (Lipinski definition) is 5. The highest BCUT2D eigenvalue weighted by Gasteiger charge is 2.08. The van der Waals surface area contributed by atoms with Gasteiger partial charge in [-0.1, -0.05) is 53.8 Å². The molecule has 0 atom stereocenters. The fourth-order valence-corrected chi connectivity index (χ4v) is 4.99. The zero-order valence-electron chi connectivity index (χ0n) is 22.2. The van der Waals surface area contributed by atoms with Crippen molar-refractivity contribution in [1.82, 2.24) is 0 Å². The van der Waals surface area contributed by atoms with Crippen LogP contribution in [0.3, 0.4) is 0 Å². The normalized spacial score (nSPS) is 10.1. The Kier molecular flexibility index (Phi) is 9.54. The lowest BCUT2D eigenvalue weighted by Crippen LogP contribution is -2.09. The van der Waals surface area contributed by atoms with Gasteiger partial charge in [-0.15, -0.1) is 11.8 Å². The number of thioether (sulfide) groups is 1. The second kappa shape index (κ2) is 14.1. The molecule has 0 unspecified atom stereocenters. The van der Waals surface area contributed by atoms with E-state index in [0.29, 0.717) is 28.0 Å². The van der Waals surface area contributed by atoms with E-state index < -0.39 is 12.6 Å². The van der Waals surface area contributed by atoms with Crippen LogP contribution in [0.2, 0.25) is 5.02 Å².